The van der Waals surface area contributed by atoms with E-state index in [-0.39, 0.29) is 6.61 Å². The summed E-state index contributed by atoms with van der Waals surface area (Å²) in [5, 5.41) is 9.43. The van der Waals surface area contributed by atoms with Gasteiger partial charge in [0.1, 0.15) is 5.82 Å². The molecule has 106 valence electrons. The topological polar surface area (TPSA) is 36.4 Å². The number of anilines is 1. The Morgan fingerprint density at radius 3 is 2.63 bits per heavy atom. The average Bonchev–Trinajstić information content (AvgIpc) is 3.21. The van der Waals surface area contributed by atoms with Crippen LogP contribution in [0.3, 0.4) is 0 Å². The van der Waals surface area contributed by atoms with E-state index in [1.807, 2.05) is 12.1 Å². The van der Waals surface area contributed by atoms with Crippen molar-refractivity contribution in [1.29, 1.82) is 0 Å². The number of aliphatic hydroxyl groups excluding tert-OH is 1. The molecule has 1 N–H and O–H groups in total. The molecule has 2 rings (SSSR count). The van der Waals surface area contributed by atoms with Crippen molar-refractivity contribution in [3.8, 4) is 0 Å². The van der Waals surface area contributed by atoms with Gasteiger partial charge >= 0.3 is 0 Å². The highest BCUT2D eigenvalue weighted by atomic mass is 16.3. The van der Waals surface area contributed by atoms with E-state index < -0.39 is 0 Å². The molecule has 19 heavy (non-hydrogen) atoms. The molecule has 1 heterocycles. The lowest BCUT2D eigenvalue weighted by Gasteiger charge is -2.24. The molecular formula is C16H26N2O. The van der Waals surface area contributed by atoms with Crippen LogP contribution >= 0.6 is 0 Å². The van der Waals surface area contributed by atoms with Crippen LogP contribution in [0.15, 0.2) is 12.1 Å². The maximum absolute atomic E-state index is 9.43. The van der Waals surface area contributed by atoms with Crippen molar-refractivity contribution in [1.82, 2.24) is 4.98 Å². The summed E-state index contributed by atoms with van der Waals surface area (Å²) in [6.07, 6.45) is 3.85. The van der Waals surface area contributed by atoms with E-state index in [2.05, 4.69) is 25.7 Å². The van der Waals surface area contributed by atoms with Gasteiger partial charge in [0.25, 0.3) is 0 Å². The summed E-state index contributed by atoms with van der Waals surface area (Å²) < 4.78 is 0. The molecule has 0 radical (unpaired) electrons. The first-order chi connectivity index (χ1) is 9.13. The Balaban J connectivity index is 2.25. The van der Waals surface area contributed by atoms with Crippen molar-refractivity contribution in [2.45, 2.75) is 52.6 Å². The number of hydrogen-bond donors (Lipinski definition) is 1. The van der Waals surface area contributed by atoms with Gasteiger partial charge in [-0.3, -0.25) is 0 Å². The molecule has 3 heteroatoms. The first kappa shape index (κ1) is 14.3. The van der Waals surface area contributed by atoms with Crippen LogP contribution in [0, 0.1) is 5.92 Å². The van der Waals surface area contributed by atoms with Gasteiger partial charge in [-0.25, -0.2) is 4.98 Å². The second-order valence-corrected chi connectivity index (χ2v) is 5.96. The van der Waals surface area contributed by atoms with Gasteiger partial charge in [0, 0.05) is 18.8 Å². The normalized spacial score (nSPS) is 15.0. The molecule has 1 aromatic heterocycles. The Hall–Kier alpha value is -1.09. The van der Waals surface area contributed by atoms with Gasteiger partial charge in [0.15, 0.2) is 0 Å². The van der Waals surface area contributed by atoms with E-state index >= 15 is 0 Å². The molecule has 3 nitrogen and oxygen atoms in total. The van der Waals surface area contributed by atoms with Crippen LogP contribution in [0.4, 0.5) is 5.82 Å². The van der Waals surface area contributed by atoms with Crippen molar-refractivity contribution < 1.29 is 5.11 Å². The molecular weight excluding hydrogens is 236 g/mol. The highest BCUT2D eigenvalue weighted by Crippen LogP contribution is 2.31. The SMILES string of the molecule is CCCN(CC1CC1)c1cc(CO)cc(C(C)C)n1. The molecule has 1 aliphatic carbocycles. The number of hydrogen-bond acceptors (Lipinski definition) is 3. The smallest absolute Gasteiger partial charge is 0.129 e. The Morgan fingerprint density at radius 2 is 2.11 bits per heavy atom. The quantitative estimate of drug-likeness (QED) is 0.819. The predicted octanol–water partition coefficient (Wildman–Crippen LogP) is 3.32. The van der Waals surface area contributed by atoms with Gasteiger partial charge in [-0.05, 0) is 48.8 Å². The zero-order valence-corrected chi connectivity index (χ0v) is 12.4. The molecule has 1 aromatic rings. The van der Waals surface area contributed by atoms with Crippen LogP contribution in [0.2, 0.25) is 0 Å². The van der Waals surface area contributed by atoms with Crippen LogP contribution in [0.5, 0.6) is 0 Å². The lowest BCUT2D eigenvalue weighted by atomic mass is 10.1. The minimum Gasteiger partial charge on any atom is -0.392 e. The van der Waals surface area contributed by atoms with Crippen molar-refractivity contribution in [2.24, 2.45) is 5.92 Å². The number of aromatic nitrogens is 1. The molecule has 0 amide bonds. The predicted molar refractivity (Wildman–Crippen MR) is 79.5 cm³/mol. The second-order valence-electron chi connectivity index (χ2n) is 5.96. The number of pyridine rings is 1. The first-order valence-electron chi connectivity index (χ1n) is 7.50. The lowest BCUT2D eigenvalue weighted by Crippen LogP contribution is -2.28. The lowest BCUT2D eigenvalue weighted by molar-refractivity contribution is 0.281. The molecule has 1 aliphatic rings. The molecule has 0 unspecified atom stereocenters. The maximum atomic E-state index is 9.43. The van der Waals surface area contributed by atoms with E-state index in [4.69, 9.17) is 4.98 Å². The summed E-state index contributed by atoms with van der Waals surface area (Å²) in [7, 11) is 0. The van der Waals surface area contributed by atoms with Crippen LogP contribution in [-0.4, -0.2) is 23.2 Å². The molecule has 0 aromatic carbocycles. The maximum Gasteiger partial charge on any atom is 0.129 e. The molecule has 0 atom stereocenters. The van der Waals surface area contributed by atoms with E-state index in [0.717, 1.165) is 42.5 Å². The molecule has 0 bridgehead atoms. The Kier molecular flexibility index (Phi) is 4.81. The summed E-state index contributed by atoms with van der Waals surface area (Å²) >= 11 is 0. The fourth-order valence-corrected chi connectivity index (χ4v) is 2.32. The first-order valence-corrected chi connectivity index (χ1v) is 7.50. The highest BCUT2D eigenvalue weighted by Gasteiger charge is 2.25. The molecule has 0 aliphatic heterocycles. The third kappa shape index (κ3) is 3.93. The van der Waals surface area contributed by atoms with Crippen molar-refractivity contribution in [2.75, 3.05) is 18.0 Å². The van der Waals surface area contributed by atoms with Gasteiger partial charge in [-0.1, -0.05) is 20.8 Å². The van der Waals surface area contributed by atoms with Gasteiger partial charge in [0.2, 0.25) is 0 Å². The van der Waals surface area contributed by atoms with Crippen molar-refractivity contribution in [3.05, 3.63) is 23.4 Å². The third-order valence-electron chi connectivity index (χ3n) is 3.66. The standard InChI is InChI=1S/C16H26N2O/c1-4-7-18(10-13-5-6-13)16-9-14(11-19)8-15(17-16)12(2)3/h8-9,12-13,19H,4-7,10-11H2,1-3H3. The fraction of sp³-hybridized carbons (Fsp3) is 0.688. The molecule has 0 saturated heterocycles. The van der Waals surface area contributed by atoms with Crippen LogP contribution < -0.4 is 4.90 Å². The second kappa shape index (κ2) is 6.38. The molecule has 1 fully saturated rings. The third-order valence-corrected chi connectivity index (χ3v) is 3.66. The monoisotopic (exact) mass is 262 g/mol. The number of rotatable bonds is 7. The zero-order chi connectivity index (χ0) is 13.8. The van der Waals surface area contributed by atoms with Gasteiger partial charge in [0.05, 0.1) is 6.61 Å². The average molecular weight is 262 g/mol. The Labute approximate surface area is 116 Å². The van der Waals surface area contributed by atoms with E-state index in [1.165, 1.54) is 12.8 Å². The number of aliphatic hydroxyl groups is 1. The Morgan fingerprint density at radius 1 is 1.37 bits per heavy atom. The zero-order valence-electron chi connectivity index (χ0n) is 12.4. The summed E-state index contributed by atoms with van der Waals surface area (Å²) in [5.74, 6) is 2.30. The summed E-state index contributed by atoms with van der Waals surface area (Å²) in [6.45, 7) is 8.78. The van der Waals surface area contributed by atoms with Crippen LogP contribution in [0.25, 0.3) is 0 Å². The minimum absolute atomic E-state index is 0.0959. The van der Waals surface area contributed by atoms with E-state index in [1.54, 1.807) is 0 Å². The van der Waals surface area contributed by atoms with E-state index in [9.17, 15) is 5.11 Å². The minimum atomic E-state index is 0.0959. The van der Waals surface area contributed by atoms with E-state index in [0.29, 0.717) is 5.92 Å². The van der Waals surface area contributed by atoms with Crippen LogP contribution in [0.1, 0.15) is 57.2 Å². The molecule has 1 saturated carbocycles. The highest BCUT2D eigenvalue weighted by molar-refractivity contribution is 5.43. The summed E-state index contributed by atoms with van der Waals surface area (Å²) in [6, 6.07) is 4.07. The fourth-order valence-electron chi connectivity index (χ4n) is 2.32. The van der Waals surface area contributed by atoms with Gasteiger partial charge in [-0.15, -0.1) is 0 Å². The van der Waals surface area contributed by atoms with Crippen molar-refractivity contribution in [3.63, 3.8) is 0 Å². The largest absolute Gasteiger partial charge is 0.392 e. The van der Waals surface area contributed by atoms with Gasteiger partial charge < -0.3 is 10.0 Å². The summed E-state index contributed by atoms with van der Waals surface area (Å²) in [5.41, 5.74) is 2.06. The van der Waals surface area contributed by atoms with Gasteiger partial charge in [-0.2, -0.15) is 0 Å². The summed E-state index contributed by atoms with van der Waals surface area (Å²) in [4.78, 5) is 7.19. The Bertz CT molecular complexity index is 413. The number of nitrogens with zero attached hydrogens (tertiary/aromatic N) is 2. The van der Waals surface area contributed by atoms with Crippen molar-refractivity contribution >= 4 is 5.82 Å². The van der Waals surface area contributed by atoms with Crippen LogP contribution in [-0.2, 0) is 6.61 Å². The molecule has 0 spiro atoms.